The number of hydrogen-bond donors (Lipinski definition) is 0. The fraction of sp³-hybridized carbons (Fsp3) is 0.688. The Hall–Kier alpha value is -1.09. The van der Waals surface area contributed by atoms with Crippen LogP contribution in [-0.2, 0) is 0 Å². The van der Waals surface area contributed by atoms with Crippen LogP contribution in [0.5, 0.6) is 5.75 Å². The molecule has 3 aliphatic rings. The van der Waals surface area contributed by atoms with Crippen molar-refractivity contribution in [2.24, 2.45) is 5.92 Å². The molecule has 3 heteroatoms. The Bertz CT molecular complexity index is 436. The van der Waals surface area contributed by atoms with Crippen molar-refractivity contribution in [3.63, 3.8) is 0 Å². The summed E-state index contributed by atoms with van der Waals surface area (Å²) in [6.07, 6.45) is 4.31. The molecule has 4 rings (SSSR count). The predicted octanol–water partition coefficient (Wildman–Crippen LogP) is 2.71. The van der Waals surface area contributed by atoms with E-state index in [1.165, 1.54) is 49.9 Å². The second kappa shape index (κ2) is 5.12. The summed E-state index contributed by atoms with van der Waals surface area (Å²) < 4.78 is 7.26. The normalized spacial score (nSPS) is 29.5. The molecule has 3 nitrogen and oxygen atoms in total. The van der Waals surface area contributed by atoms with Gasteiger partial charge in [-0.2, -0.15) is 0 Å². The summed E-state index contributed by atoms with van der Waals surface area (Å²) >= 11 is 0. The molecule has 2 bridgehead atoms. The van der Waals surface area contributed by atoms with Crippen LogP contribution in [0.25, 0.3) is 0 Å². The number of quaternary nitrogens is 1. The molecule has 104 valence electrons. The average molecular weight is 261 g/mol. The highest BCUT2D eigenvalue weighted by atomic mass is 16.5. The van der Waals surface area contributed by atoms with Gasteiger partial charge in [-0.25, -0.2) is 0 Å². The van der Waals surface area contributed by atoms with Gasteiger partial charge in [-0.1, -0.05) is 0 Å². The summed E-state index contributed by atoms with van der Waals surface area (Å²) in [5, 5.41) is 0. The molecule has 19 heavy (non-hydrogen) atoms. The van der Waals surface area contributed by atoms with Crippen LogP contribution in [0.4, 0.5) is 0 Å². The van der Waals surface area contributed by atoms with Gasteiger partial charge in [0.05, 0.1) is 25.3 Å². The molecular formula is C16H25N2O+. The van der Waals surface area contributed by atoms with E-state index in [0.29, 0.717) is 0 Å². The smallest absolute Gasteiger partial charge is 0.140 e. The van der Waals surface area contributed by atoms with E-state index in [4.69, 9.17) is 4.74 Å². The summed E-state index contributed by atoms with van der Waals surface area (Å²) in [6.45, 7) is 10.2. The van der Waals surface area contributed by atoms with Gasteiger partial charge in [0, 0.05) is 5.69 Å². The lowest BCUT2D eigenvalue weighted by atomic mass is 9.86. The van der Waals surface area contributed by atoms with Gasteiger partial charge < -0.3 is 9.22 Å². The average Bonchev–Trinajstić information content (AvgIpc) is 2.43. The highest BCUT2D eigenvalue weighted by molar-refractivity contribution is 5.27. The molecule has 0 aliphatic carbocycles. The Morgan fingerprint density at radius 2 is 1.84 bits per heavy atom. The maximum atomic E-state index is 5.96. The monoisotopic (exact) mass is 261 g/mol. The lowest BCUT2D eigenvalue weighted by Crippen LogP contribution is -2.59. The van der Waals surface area contributed by atoms with Crippen molar-refractivity contribution in [1.82, 2.24) is 4.98 Å². The Balaban J connectivity index is 1.55. The topological polar surface area (TPSA) is 22.1 Å². The van der Waals surface area contributed by atoms with E-state index in [1.807, 2.05) is 19.9 Å². The summed E-state index contributed by atoms with van der Waals surface area (Å²) in [4.78, 5) is 4.45. The number of pyridine rings is 1. The van der Waals surface area contributed by atoms with Gasteiger partial charge in [-0.15, -0.1) is 0 Å². The number of aryl methyl sites for hydroxylation is 2. The number of nitrogens with zero attached hydrogens (tertiary/aromatic N) is 2. The number of aromatic nitrogens is 1. The van der Waals surface area contributed by atoms with Gasteiger partial charge in [-0.3, -0.25) is 4.98 Å². The van der Waals surface area contributed by atoms with Gasteiger partial charge in [0.2, 0.25) is 0 Å². The molecule has 1 aromatic rings. The van der Waals surface area contributed by atoms with Crippen molar-refractivity contribution < 1.29 is 9.22 Å². The van der Waals surface area contributed by atoms with Crippen LogP contribution < -0.4 is 4.74 Å². The first-order valence-corrected chi connectivity index (χ1v) is 7.59. The Morgan fingerprint density at radius 3 is 2.47 bits per heavy atom. The fourth-order valence-electron chi connectivity index (χ4n) is 3.65. The molecule has 3 fully saturated rings. The number of fused-ring (bicyclic) bond motifs is 3. The van der Waals surface area contributed by atoms with Crippen molar-refractivity contribution >= 4 is 0 Å². The second-order valence-corrected chi connectivity index (χ2v) is 6.35. The zero-order valence-electron chi connectivity index (χ0n) is 12.2. The minimum atomic E-state index is 0.830. The van der Waals surface area contributed by atoms with Crippen LogP contribution in [0, 0.1) is 19.8 Å². The largest absolute Gasteiger partial charge is 0.486 e. The second-order valence-electron chi connectivity index (χ2n) is 6.35. The number of hydrogen-bond acceptors (Lipinski definition) is 2. The van der Waals surface area contributed by atoms with Gasteiger partial charge >= 0.3 is 0 Å². The first-order valence-electron chi connectivity index (χ1n) is 7.59. The highest BCUT2D eigenvalue weighted by Gasteiger charge is 2.39. The molecule has 0 spiro atoms. The zero-order valence-corrected chi connectivity index (χ0v) is 12.2. The SMILES string of the molecule is Cc1ccc(OCC[N+]23CCC(CC2)CC3)c(C)n1. The van der Waals surface area contributed by atoms with Gasteiger partial charge in [0.1, 0.15) is 18.9 Å². The minimum absolute atomic E-state index is 0.830. The van der Waals surface area contributed by atoms with Crippen molar-refractivity contribution in [2.75, 3.05) is 32.8 Å². The molecule has 0 radical (unpaired) electrons. The van der Waals surface area contributed by atoms with Crippen LogP contribution >= 0.6 is 0 Å². The third-order valence-electron chi connectivity index (χ3n) is 5.03. The van der Waals surface area contributed by atoms with E-state index < -0.39 is 0 Å². The highest BCUT2D eigenvalue weighted by Crippen LogP contribution is 2.33. The van der Waals surface area contributed by atoms with E-state index in [0.717, 1.165) is 29.7 Å². The van der Waals surface area contributed by atoms with Crippen LogP contribution in [0.3, 0.4) is 0 Å². The number of ether oxygens (including phenoxy) is 1. The molecule has 0 atom stereocenters. The molecular weight excluding hydrogens is 236 g/mol. The summed E-state index contributed by atoms with van der Waals surface area (Å²) in [7, 11) is 0. The van der Waals surface area contributed by atoms with E-state index in [2.05, 4.69) is 11.1 Å². The molecule has 4 heterocycles. The molecule has 0 N–H and O–H groups in total. The van der Waals surface area contributed by atoms with Crippen molar-refractivity contribution in [3.8, 4) is 5.75 Å². The fourth-order valence-corrected chi connectivity index (χ4v) is 3.65. The summed E-state index contributed by atoms with van der Waals surface area (Å²) in [5.41, 5.74) is 2.07. The molecule has 3 aliphatic heterocycles. The molecule has 3 saturated heterocycles. The first-order chi connectivity index (χ1) is 9.17. The summed E-state index contributed by atoms with van der Waals surface area (Å²) in [5.74, 6) is 1.99. The standard InChI is InChI=1S/C16H25N2O/c1-13-3-4-16(14(2)17-13)19-12-11-18-8-5-15(6-9-18)7-10-18/h3-4,15H,5-12H2,1-2H3/q+1. The predicted molar refractivity (Wildman–Crippen MR) is 76.3 cm³/mol. The van der Waals surface area contributed by atoms with Crippen LogP contribution in [0.2, 0.25) is 0 Å². The van der Waals surface area contributed by atoms with Crippen LogP contribution in [0.1, 0.15) is 30.7 Å². The zero-order chi connectivity index (χ0) is 13.3. The van der Waals surface area contributed by atoms with Crippen molar-refractivity contribution in [1.29, 1.82) is 0 Å². The Labute approximate surface area is 116 Å². The number of rotatable bonds is 4. The molecule has 0 unspecified atom stereocenters. The van der Waals surface area contributed by atoms with Gasteiger partial charge in [0.15, 0.2) is 0 Å². The number of piperidine rings is 3. The van der Waals surface area contributed by atoms with E-state index in [9.17, 15) is 0 Å². The van der Waals surface area contributed by atoms with E-state index in [-0.39, 0.29) is 0 Å². The molecule has 0 amide bonds. The lowest BCUT2D eigenvalue weighted by Gasteiger charge is -2.49. The van der Waals surface area contributed by atoms with Gasteiger partial charge in [-0.05, 0) is 51.2 Å². The van der Waals surface area contributed by atoms with Crippen LogP contribution in [-0.4, -0.2) is 42.3 Å². The van der Waals surface area contributed by atoms with E-state index >= 15 is 0 Å². The Morgan fingerprint density at radius 1 is 1.16 bits per heavy atom. The van der Waals surface area contributed by atoms with E-state index in [1.54, 1.807) is 0 Å². The molecule has 0 aromatic carbocycles. The summed E-state index contributed by atoms with van der Waals surface area (Å²) in [6, 6.07) is 4.08. The first kappa shape index (κ1) is 12.9. The quantitative estimate of drug-likeness (QED) is 0.778. The third kappa shape index (κ3) is 2.76. The maximum absolute atomic E-state index is 5.96. The Kier molecular flexibility index (Phi) is 3.48. The third-order valence-corrected chi connectivity index (χ3v) is 5.03. The maximum Gasteiger partial charge on any atom is 0.140 e. The van der Waals surface area contributed by atoms with Crippen molar-refractivity contribution in [3.05, 3.63) is 23.5 Å². The lowest BCUT2D eigenvalue weighted by molar-refractivity contribution is -0.942. The van der Waals surface area contributed by atoms with Crippen molar-refractivity contribution in [2.45, 2.75) is 33.1 Å². The minimum Gasteiger partial charge on any atom is -0.486 e. The van der Waals surface area contributed by atoms with Crippen LogP contribution in [0.15, 0.2) is 12.1 Å². The molecule has 0 saturated carbocycles. The van der Waals surface area contributed by atoms with Gasteiger partial charge in [0.25, 0.3) is 0 Å². The molecule has 1 aromatic heterocycles.